The summed E-state index contributed by atoms with van der Waals surface area (Å²) in [7, 11) is 0. The van der Waals surface area contributed by atoms with Gasteiger partial charge in [0.05, 0.1) is 17.1 Å². The van der Waals surface area contributed by atoms with Crippen molar-refractivity contribution in [1.82, 2.24) is 0 Å². The molecule has 0 aromatic rings. The Hall–Kier alpha value is -1.57. The lowest BCUT2D eigenvalue weighted by molar-refractivity contribution is -0.297. The van der Waals surface area contributed by atoms with Crippen LogP contribution in [0.2, 0.25) is 0 Å². The fourth-order valence-electron chi connectivity index (χ4n) is 8.82. The van der Waals surface area contributed by atoms with Crippen LogP contribution in [-0.4, -0.2) is 50.1 Å². The minimum Gasteiger partial charge on any atom is -0.480 e. The van der Waals surface area contributed by atoms with Crippen molar-refractivity contribution in [2.45, 2.75) is 64.2 Å². The number of aliphatic carboxylic acids is 1. The molecule has 10 atom stereocenters. The topological polar surface area (TPSA) is 138 Å². The van der Waals surface area contributed by atoms with E-state index < -0.39 is 51.3 Å². The molecule has 7 nitrogen and oxygen atoms in total. The Kier molecular flexibility index (Phi) is 3.56. The molecule has 0 aliphatic heterocycles. The second-order valence-electron chi connectivity index (χ2n) is 11.5. The Morgan fingerprint density at radius 2 is 1.87 bits per heavy atom. The maximum absolute atomic E-state index is 13.7. The average Bonchev–Trinajstić information content (AvgIpc) is 2.90. The monoisotopic (exact) mass is 417 g/mol. The fourth-order valence-corrected chi connectivity index (χ4v) is 8.82. The lowest BCUT2D eigenvalue weighted by Gasteiger charge is -2.75. The molecule has 6 aliphatic rings. The molecule has 6 rings (SSSR count). The molecule has 0 amide bonds. The van der Waals surface area contributed by atoms with Crippen molar-refractivity contribution in [1.29, 1.82) is 0 Å². The van der Waals surface area contributed by atoms with Crippen molar-refractivity contribution < 1.29 is 29.7 Å². The molecule has 4 bridgehead atoms. The molecule has 1 spiro atoms. The Bertz CT molecular complexity index is 919. The van der Waals surface area contributed by atoms with E-state index in [4.69, 9.17) is 5.73 Å². The standard InChI is InChI=1S/C23H31NO6/c1-19(2)13(25)6-5-10-11-7-8-22(21(4,24)18(28)29)9-12-14(22)16(26)23(11,12)17(27)20(3,30)15(10)19/h5-6,10-12,14-15,17,27,30H,7-9,24H2,1-4H3,(H,28,29)/t10?,11-,12-,14?,15?,17-,20+,21+,22?,23+/m0/s1. The number of hydrogen-bond donors (Lipinski definition) is 4. The largest absolute Gasteiger partial charge is 0.480 e. The predicted molar refractivity (Wildman–Crippen MR) is 106 cm³/mol. The second kappa shape index (κ2) is 5.25. The molecule has 0 radical (unpaired) electrons. The lowest BCUT2D eigenvalue weighted by Crippen LogP contribution is -2.85. The Labute approximate surface area is 175 Å². The van der Waals surface area contributed by atoms with Gasteiger partial charge < -0.3 is 21.1 Å². The van der Waals surface area contributed by atoms with Crippen LogP contribution in [0.1, 0.15) is 47.0 Å². The highest BCUT2D eigenvalue weighted by Gasteiger charge is 2.87. The van der Waals surface area contributed by atoms with Gasteiger partial charge in [-0.3, -0.25) is 14.4 Å². The molecular weight excluding hydrogens is 386 g/mol. The van der Waals surface area contributed by atoms with Crippen molar-refractivity contribution in [2.24, 2.45) is 51.6 Å². The summed E-state index contributed by atoms with van der Waals surface area (Å²) < 4.78 is 0. The molecule has 0 saturated heterocycles. The van der Waals surface area contributed by atoms with Gasteiger partial charge in [0.25, 0.3) is 0 Å². The SMILES string of the molecule is CC1(C)C(=O)C=CC2C1[C@@](C)(O)[C@H](O)[C@@]13C(=O)C4[C@@H]1CC4([C@](C)(N)C(=O)O)CC[C@@H]23. The number of carbonyl (C=O) groups is 3. The number of ketones is 2. The third kappa shape index (κ3) is 1.73. The molecule has 5 N–H and O–H groups in total. The predicted octanol–water partition coefficient (Wildman–Crippen LogP) is 0.913. The van der Waals surface area contributed by atoms with Crippen LogP contribution in [0, 0.1) is 45.8 Å². The van der Waals surface area contributed by atoms with Gasteiger partial charge in [-0.1, -0.05) is 19.9 Å². The number of carboxylic acid groups (broad SMARTS) is 1. The summed E-state index contributed by atoms with van der Waals surface area (Å²) in [5, 5.41) is 32.9. The Balaban J connectivity index is 1.67. The summed E-state index contributed by atoms with van der Waals surface area (Å²) in [4.78, 5) is 38.4. The number of hydrogen-bond acceptors (Lipinski definition) is 6. The molecule has 5 fully saturated rings. The molecule has 0 heterocycles. The van der Waals surface area contributed by atoms with E-state index in [0.29, 0.717) is 19.3 Å². The van der Waals surface area contributed by atoms with Crippen LogP contribution in [-0.2, 0) is 14.4 Å². The van der Waals surface area contributed by atoms with Crippen molar-refractivity contribution in [3.63, 3.8) is 0 Å². The minimum absolute atomic E-state index is 0.0974. The Morgan fingerprint density at radius 3 is 2.43 bits per heavy atom. The van der Waals surface area contributed by atoms with Gasteiger partial charge in [-0.05, 0) is 56.9 Å². The summed E-state index contributed by atoms with van der Waals surface area (Å²) in [6.07, 6.45) is 3.58. The van der Waals surface area contributed by atoms with Gasteiger partial charge in [0.15, 0.2) is 5.78 Å². The van der Waals surface area contributed by atoms with E-state index in [2.05, 4.69) is 0 Å². The van der Waals surface area contributed by atoms with E-state index in [-0.39, 0.29) is 29.3 Å². The van der Waals surface area contributed by atoms with E-state index in [1.807, 2.05) is 6.08 Å². The molecule has 30 heavy (non-hydrogen) atoms. The van der Waals surface area contributed by atoms with Crippen LogP contribution in [0.4, 0.5) is 0 Å². The van der Waals surface area contributed by atoms with Crippen LogP contribution in [0.5, 0.6) is 0 Å². The summed E-state index contributed by atoms with van der Waals surface area (Å²) in [5.41, 5.74) is 0.344. The highest BCUT2D eigenvalue weighted by molar-refractivity contribution is 6.00. The Morgan fingerprint density at radius 1 is 1.23 bits per heavy atom. The highest BCUT2D eigenvalue weighted by Crippen LogP contribution is 2.81. The molecule has 0 aromatic carbocycles. The third-order valence-electron chi connectivity index (χ3n) is 10.3. The molecule has 6 aliphatic carbocycles. The van der Waals surface area contributed by atoms with Crippen molar-refractivity contribution >= 4 is 17.5 Å². The van der Waals surface area contributed by atoms with E-state index in [9.17, 15) is 29.7 Å². The zero-order valence-electron chi connectivity index (χ0n) is 17.9. The molecule has 7 heteroatoms. The van der Waals surface area contributed by atoms with E-state index in [1.165, 1.54) is 6.92 Å². The number of Topliss-reactive ketones (excluding diaryl/α,β-unsaturated/α-hetero) is 1. The molecule has 0 aromatic heterocycles. The normalized spacial score (nSPS) is 54.6. The maximum Gasteiger partial charge on any atom is 0.323 e. The number of carboxylic acids is 1. The van der Waals surface area contributed by atoms with Crippen LogP contribution >= 0.6 is 0 Å². The van der Waals surface area contributed by atoms with Crippen LogP contribution in [0.25, 0.3) is 0 Å². The van der Waals surface area contributed by atoms with Gasteiger partial charge in [0, 0.05) is 22.7 Å². The smallest absolute Gasteiger partial charge is 0.323 e. The van der Waals surface area contributed by atoms with Gasteiger partial charge in [-0.2, -0.15) is 0 Å². The lowest BCUT2D eigenvalue weighted by atomic mass is 9.27. The summed E-state index contributed by atoms with van der Waals surface area (Å²) >= 11 is 0. The van der Waals surface area contributed by atoms with Gasteiger partial charge in [-0.15, -0.1) is 0 Å². The zero-order valence-corrected chi connectivity index (χ0v) is 17.9. The van der Waals surface area contributed by atoms with Crippen molar-refractivity contribution in [3.8, 4) is 0 Å². The number of nitrogens with two attached hydrogens (primary N) is 1. The quantitative estimate of drug-likeness (QED) is 0.524. The van der Waals surface area contributed by atoms with Crippen molar-refractivity contribution in [3.05, 3.63) is 12.2 Å². The highest BCUT2D eigenvalue weighted by atomic mass is 16.4. The number of aliphatic hydroxyl groups is 2. The first-order valence-electron chi connectivity index (χ1n) is 10.9. The number of allylic oxidation sites excluding steroid dienone is 2. The van der Waals surface area contributed by atoms with E-state index in [1.54, 1.807) is 26.8 Å². The number of aliphatic hydroxyl groups excluding tert-OH is 1. The van der Waals surface area contributed by atoms with Crippen molar-refractivity contribution in [2.75, 3.05) is 0 Å². The first kappa shape index (κ1) is 20.3. The zero-order chi connectivity index (χ0) is 22.2. The second-order valence-corrected chi connectivity index (χ2v) is 11.5. The molecule has 5 saturated carbocycles. The molecular formula is C23H31NO6. The molecule has 4 unspecified atom stereocenters. The first-order chi connectivity index (χ1) is 13.7. The number of rotatable bonds is 2. The molecule has 164 valence electrons. The van der Waals surface area contributed by atoms with Gasteiger partial charge >= 0.3 is 5.97 Å². The summed E-state index contributed by atoms with van der Waals surface area (Å²) in [5.74, 6) is -3.05. The van der Waals surface area contributed by atoms with Crippen LogP contribution in [0.15, 0.2) is 12.2 Å². The van der Waals surface area contributed by atoms with Gasteiger partial charge in [-0.25, -0.2) is 0 Å². The maximum atomic E-state index is 13.7. The first-order valence-corrected chi connectivity index (χ1v) is 10.9. The minimum atomic E-state index is -1.62. The summed E-state index contributed by atoms with van der Waals surface area (Å²) in [6, 6.07) is 0. The average molecular weight is 418 g/mol. The van der Waals surface area contributed by atoms with Gasteiger partial charge in [0.2, 0.25) is 0 Å². The summed E-state index contributed by atoms with van der Waals surface area (Å²) in [6.45, 7) is 6.63. The van der Waals surface area contributed by atoms with E-state index >= 15 is 0 Å². The number of carbonyl (C=O) groups excluding carboxylic acids is 2. The van der Waals surface area contributed by atoms with Crippen LogP contribution < -0.4 is 5.73 Å². The third-order valence-corrected chi connectivity index (χ3v) is 10.3. The van der Waals surface area contributed by atoms with Crippen LogP contribution in [0.3, 0.4) is 0 Å². The fraction of sp³-hybridized carbons (Fsp3) is 0.783. The van der Waals surface area contributed by atoms with E-state index in [0.717, 1.165) is 0 Å². The van der Waals surface area contributed by atoms with Gasteiger partial charge in [0.1, 0.15) is 11.3 Å². The number of fused-ring (bicyclic) bond motifs is 2.